The van der Waals surface area contributed by atoms with E-state index >= 15 is 0 Å². The molecular weight excluding hydrogens is 294 g/mol. The normalized spacial score (nSPS) is 17.5. The van der Waals surface area contributed by atoms with Gasteiger partial charge in [-0.1, -0.05) is 35.7 Å². The molecule has 0 bridgehead atoms. The molecule has 3 rings (SSSR count). The third kappa shape index (κ3) is 2.83. The molecular formula is C13H13N3O2S2. The SMILES string of the molecule is O=C1CN(C(=O)CSC2=NCCS2)c2ccccc2N1. The number of amides is 2. The third-order valence-corrected chi connectivity index (χ3v) is 5.19. The van der Waals surface area contributed by atoms with Gasteiger partial charge in [-0.05, 0) is 12.1 Å². The first-order chi connectivity index (χ1) is 9.74. The Morgan fingerprint density at radius 2 is 2.30 bits per heavy atom. The third-order valence-electron chi connectivity index (χ3n) is 2.95. The van der Waals surface area contributed by atoms with Gasteiger partial charge in [-0.3, -0.25) is 14.6 Å². The van der Waals surface area contributed by atoms with Crippen LogP contribution in [0.15, 0.2) is 29.3 Å². The number of rotatable bonds is 2. The Kier molecular flexibility index (Phi) is 3.98. The van der Waals surface area contributed by atoms with Crippen molar-refractivity contribution in [3.63, 3.8) is 0 Å². The molecule has 2 aliphatic heterocycles. The predicted octanol–water partition coefficient (Wildman–Crippen LogP) is 1.81. The highest BCUT2D eigenvalue weighted by Gasteiger charge is 2.26. The van der Waals surface area contributed by atoms with Crippen molar-refractivity contribution in [2.45, 2.75) is 0 Å². The zero-order valence-corrected chi connectivity index (χ0v) is 12.3. The number of fused-ring (bicyclic) bond motifs is 1. The molecule has 0 atom stereocenters. The Morgan fingerprint density at radius 3 is 3.10 bits per heavy atom. The summed E-state index contributed by atoms with van der Waals surface area (Å²) < 4.78 is 0.966. The van der Waals surface area contributed by atoms with E-state index in [1.807, 2.05) is 18.2 Å². The molecule has 1 aromatic carbocycles. The fourth-order valence-electron chi connectivity index (χ4n) is 2.06. The van der Waals surface area contributed by atoms with Gasteiger partial charge in [0.1, 0.15) is 10.9 Å². The first kappa shape index (κ1) is 13.5. The van der Waals surface area contributed by atoms with Gasteiger partial charge < -0.3 is 10.2 Å². The van der Waals surface area contributed by atoms with Crippen molar-refractivity contribution in [1.82, 2.24) is 0 Å². The van der Waals surface area contributed by atoms with E-state index in [2.05, 4.69) is 10.3 Å². The lowest BCUT2D eigenvalue weighted by Gasteiger charge is -2.29. The summed E-state index contributed by atoms with van der Waals surface area (Å²) in [6.45, 7) is 0.909. The second-order valence-electron chi connectivity index (χ2n) is 4.33. The summed E-state index contributed by atoms with van der Waals surface area (Å²) in [7, 11) is 0. The van der Waals surface area contributed by atoms with Crippen molar-refractivity contribution in [2.24, 2.45) is 4.99 Å². The maximum Gasteiger partial charge on any atom is 0.244 e. The summed E-state index contributed by atoms with van der Waals surface area (Å²) in [4.78, 5) is 29.8. The van der Waals surface area contributed by atoms with E-state index in [0.717, 1.165) is 22.4 Å². The highest BCUT2D eigenvalue weighted by Crippen LogP contribution is 2.30. The molecule has 20 heavy (non-hydrogen) atoms. The Balaban J connectivity index is 1.72. The minimum Gasteiger partial charge on any atom is -0.323 e. The van der Waals surface area contributed by atoms with Crippen molar-refractivity contribution in [3.8, 4) is 0 Å². The Bertz CT molecular complexity index is 589. The minimum atomic E-state index is -0.158. The number of hydrogen-bond acceptors (Lipinski definition) is 5. The fraction of sp³-hybridized carbons (Fsp3) is 0.308. The second-order valence-corrected chi connectivity index (χ2v) is 6.64. The van der Waals surface area contributed by atoms with E-state index in [4.69, 9.17) is 0 Å². The molecule has 1 aromatic rings. The van der Waals surface area contributed by atoms with E-state index in [0.29, 0.717) is 11.4 Å². The molecule has 5 nitrogen and oxygen atoms in total. The molecule has 0 saturated carbocycles. The lowest BCUT2D eigenvalue weighted by Crippen LogP contribution is -2.43. The minimum absolute atomic E-state index is 0.0625. The summed E-state index contributed by atoms with van der Waals surface area (Å²) in [5.74, 6) is 1.08. The van der Waals surface area contributed by atoms with Gasteiger partial charge in [0.15, 0.2) is 0 Å². The monoisotopic (exact) mass is 307 g/mol. The first-order valence-corrected chi connectivity index (χ1v) is 8.20. The standard InChI is InChI=1S/C13H13N3O2S2/c17-11-7-16(10-4-2-1-3-9(10)15-11)12(18)8-20-13-14-5-6-19-13/h1-4H,5-8H2,(H,15,17). The van der Waals surface area contributed by atoms with Crippen molar-refractivity contribution >= 4 is 51.1 Å². The maximum absolute atomic E-state index is 12.3. The molecule has 0 spiro atoms. The van der Waals surface area contributed by atoms with Gasteiger partial charge in [0.25, 0.3) is 0 Å². The molecule has 0 unspecified atom stereocenters. The average Bonchev–Trinajstić information content (AvgIpc) is 2.97. The van der Waals surface area contributed by atoms with Crippen molar-refractivity contribution in [3.05, 3.63) is 24.3 Å². The molecule has 0 aliphatic carbocycles. The molecule has 2 aliphatic rings. The van der Waals surface area contributed by atoms with Crippen LogP contribution in [-0.4, -0.2) is 40.8 Å². The molecule has 0 fully saturated rings. The highest BCUT2D eigenvalue weighted by atomic mass is 32.2. The van der Waals surface area contributed by atoms with Gasteiger partial charge in [-0.2, -0.15) is 0 Å². The number of benzene rings is 1. The molecule has 0 radical (unpaired) electrons. The number of carbonyl (C=O) groups is 2. The zero-order chi connectivity index (χ0) is 13.9. The van der Waals surface area contributed by atoms with Crippen LogP contribution in [-0.2, 0) is 9.59 Å². The lowest BCUT2D eigenvalue weighted by molar-refractivity contribution is -0.120. The van der Waals surface area contributed by atoms with E-state index in [1.54, 1.807) is 22.7 Å². The molecule has 0 aromatic heterocycles. The molecule has 7 heteroatoms. The van der Waals surface area contributed by atoms with Gasteiger partial charge in [-0.25, -0.2) is 0 Å². The fourth-order valence-corrected chi connectivity index (χ4v) is 3.95. The number of carbonyl (C=O) groups excluding carboxylic acids is 2. The van der Waals surface area contributed by atoms with Gasteiger partial charge in [0, 0.05) is 5.75 Å². The average molecular weight is 307 g/mol. The summed E-state index contributed by atoms with van der Waals surface area (Å²) in [6, 6.07) is 7.35. The van der Waals surface area contributed by atoms with Crippen LogP contribution in [0.4, 0.5) is 11.4 Å². The molecule has 104 valence electrons. The number of nitrogens with one attached hydrogen (secondary N) is 1. The Labute approximate surface area is 125 Å². The van der Waals surface area contributed by atoms with Crippen molar-refractivity contribution < 1.29 is 9.59 Å². The smallest absolute Gasteiger partial charge is 0.244 e. The van der Waals surface area contributed by atoms with Gasteiger partial charge in [0.05, 0.1) is 23.7 Å². The number of hydrogen-bond donors (Lipinski definition) is 1. The largest absolute Gasteiger partial charge is 0.323 e. The molecule has 1 N–H and O–H groups in total. The summed E-state index contributed by atoms with van der Waals surface area (Å²) in [5, 5.41) is 2.77. The Morgan fingerprint density at radius 1 is 1.45 bits per heavy atom. The number of nitrogens with zero attached hydrogens (tertiary/aromatic N) is 2. The van der Waals surface area contributed by atoms with E-state index in [-0.39, 0.29) is 18.4 Å². The predicted molar refractivity (Wildman–Crippen MR) is 84.6 cm³/mol. The summed E-state index contributed by atoms with van der Waals surface area (Å²) in [5.41, 5.74) is 1.45. The van der Waals surface area contributed by atoms with Crippen molar-refractivity contribution in [2.75, 3.05) is 34.8 Å². The van der Waals surface area contributed by atoms with E-state index < -0.39 is 0 Å². The zero-order valence-electron chi connectivity index (χ0n) is 10.7. The lowest BCUT2D eigenvalue weighted by atomic mass is 10.2. The molecule has 2 heterocycles. The quantitative estimate of drug-likeness (QED) is 0.905. The second kappa shape index (κ2) is 5.88. The van der Waals surface area contributed by atoms with Crippen LogP contribution in [0, 0.1) is 0 Å². The summed E-state index contributed by atoms with van der Waals surface area (Å²) in [6.07, 6.45) is 0. The topological polar surface area (TPSA) is 61.8 Å². The molecule has 0 saturated heterocycles. The number of thioether (sulfide) groups is 2. The maximum atomic E-state index is 12.3. The van der Waals surface area contributed by atoms with Crippen LogP contribution in [0.25, 0.3) is 0 Å². The summed E-state index contributed by atoms with van der Waals surface area (Å²) >= 11 is 3.13. The number of anilines is 2. The van der Waals surface area contributed by atoms with Crippen LogP contribution < -0.4 is 10.2 Å². The van der Waals surface area contributed by atoms with Crippen LogP contribution >= 0.6 is 23.5 Å². The van der Waals surface area contributed by atoms with Crippen LogP contribution in [0.2, 0.25) is 0 Å². The number of aliphatic imine (C=N–C) groups is 1. The van der Waals surface area contributed by atoms with Gasteiger partial charge in [0.2, 0.25) is 11.8 Å². The molecule has 2 amide bonds. The van der Waals surface area contributed by atoms with Crippen LogP contribution in [0.1, 0.15) is 0 Å². The van der Waals surface area contributed by atoms with Crippen molar-refractivity contribution in [1.29, 1.82) is 0 Å². The number of para-hydroxylation sites is 2. The van der Waals surface area contributed by atoms with Gasteiger partial charge in [-0.15, -0.1) is 0 Å². The van der Waals surface area contributed by atoms with E-state index in [1.165, 1.54) is 11.8 Å². The Hall–Kier alpha value is -1.47. The first-order valence-electron chi connectivity index (χ1n) is 6.23. The van der Waals surface area contributed by atoms with E-state index in [9.17, 15) is 9.59 Å². The van der Waals surface area contributed by atoms with Gasteiger partial charge >= 0.3 is 0 Å². The highest BCUT2D eigenvalue weighted by molar-refractivity contribution is 8.39. The van der Waals surface area contributed by atoms with Crippen LogP contribution in [0.3, 0.4) is 0 Å². The van der Waals surface area contributed by atoms with Crippen LogP contribution in [0.5, 0.6) is 0 Å².